The zero-order valence-corrected chi connectivity index (χ0v) is 10.6. The minimum Gasteiger partial charge on any atom is -1.00 e. The quantitative estimate of drug-likeness (QED) is 0.311. The fourth-order valence-corrected chi connectivity index (χ4v) is 1.25. The minimum absolute atomic E-state index is 0. The molecule has 2 heteroatoms. The molecule has 1 saturated carbocycles. The molecule has 1 fully saturated rings. The van der Waals surface area contributed by atoms with Crippen molar-refractivity contribution in [1.29, 1.82) is 0 Å². The second-order valence-electron chi connectivity index (χ2n) is 3.14. The summed E-state index contributed by atoms with van der Waals surface area (Å²) in [6.45, 7) is 4.64. The Hall–Kier alpha value is 1.50. The molecule has 0 aromatic carbocycles. The average molecular weight is 262 g/mol. The third-order valence-electron chi connectivity index (χ3n) is 2.13. The molecule has 0 radical (unpaired) electrons. The molecule has 0 heterocycles. The van der Waals surface area contributed by atoms with E-state index in [1.54, 1.807) is 5.92 Å². The third kappa shape index (κ3) is 5.19. The van der Waals surface area contributed by atoms with E-state index < -0.39 is 0 Å². The van der Waals surface area contributed by atoms with Gasteiger partial charge in [0.1, 0.15) is 0 Å². The van der Waals surface area contributed by atoms with Crippen molar-refractivity contribution in [3.8, 4) is 0 Å². The van der Waals surface area contributed by atoms with Crippen molar-refractivity contribution in [2.45, 2.75) is 39.5 Å². The Morgan fingerprint density at radius 1 is 1.20 bits per heavy atom. The van der Waals surface area contributed by atoms with Gasteiger partial charge in [-0.1, -0.05) is 19.8 Å². The van der Waals surface area contributed by atoms with Crippen molar-refractivity contribution in [2.24, 2.45) is 5.92 Å². The predicted octanol–water partition coefficient (Wildman–Crippen LogP) is -0.586. The van der Waals surface area contributed by atoms with Crippen molar-refractivity contribution in [3.63, 3.8) is 0 Å². The fraction of sp³-hybridized carbons (Fsp3) is 0.875. The van der Waals surface area contributed by atoms with Crippen LogP contribution in [0.1, 0.15) is 39.5 Å². The molecule has 0 atom stereocenters. The Morgan fingerprint density at radius 2 is 1.60 bits per heavy atom. The van der Waals surface area contributed by atoms with Crippen LogP contribution >= 0.6 is 0 Å². The molecule has 0 unspecified atom stereocenters. The Labute approximate surface area is 97.7 Å². The van der Waals surface area contributed by atoms with Crippen molar-refractivity contribution in [3.05, 3.63) is 5.92 Å². The van der Waals surface area contributed by atoms with E-state index in [2.05, 4.69) is 13.8 Å². The van der Waals surface area contributed by atoms with Gasteiger partial charge in [0.25, 0.3) is 0 Å². The van der Waals surface area contributed by atoms with E-state index in [9.17, 15) is 0 Å². The molecule has 0 amide bonds. The van der Waals surface area contributed by atoms with Crippen molar-refractivity contribution in [1.82, 2.24) is 0 Å². The van der Waals surface area contributed by atoms with E-state index in [-0.39, 0.29) is 47.0 Å². The number of hydrogen-bond acceptors (Lipinski definition) is 0. The maximum Gasteiger partial charge on any atom is 2.00 e. The van der Waals surface area contributed by atoms with Gasteiger partial charge in [-0.15, -0.1) is 0 Å². The van der Waals surface area contributed by atoms with Gasteiger partial charge in [-0.05, 0) is 5.92 Å². The fourth-order valence-electron chi connectivity index (χ4n) is 1.25. The minimum atomic E-state index is 0. The summed E-state index contributed by atoms with van der Waals surface area (Å²) in [4.78, 5) is 0. The van der Waals surface area contributed by atoms with E-state index in [0.717, 1.165) is 5.92 Å². The van der Waals surface area contributed by atoms with E-state index in [1.807, 2.05) is 0 Å². The van der Waals surface area contributed by atoms with E-state index in [0.29, 0.717) is 0 Å². The summed E-state index contributed by atoms with van der Waals surface area (Å²) < 4.78 is 0. The van der Waals surface area contributed by atoms with E-state index in [1.165, 1.54) is 25.7 Å². The largest absolute Gasteiger partial charge is 2.00 e. The molecule has 1 rings (SSSR count). The van der Waals surface area contributed by atoms with Gasteiger partial charge in [0, 0.05) is 0 Å². The van der Waals surface area contributed by atoms with Crippen LogP contribution in [0.2, 0.25) is 0 Å². The summed E-state index contributed by atoms with van der Waals surface area (Å²) in [5, 5.41) is 0. The van der Waals surface area contributed by atoms with Crippen LogP contribution in [0.4, 0.5) is 0 Å². The molecule has 1 aliphatic carbocycles. The van der Waals surface area contributed by atoms with Crippen LogP contribution in [0.25, 0.3) is 0 Å². The zero-order valence-electron chi connectivity index (χ0n) is 6.99. The second-order valence-corrected chi connectivity index (χ2v) is 3.14. The summed E-state index contributed by atoms with van der Waals surface area (Å²) in [6.07, 6.45) is 5.65. The number of hydrogen-bond donors (Lipinski definition) is 0. The van der Waals surface area contributed by atoms with Gasteiger partial charge in [0.15, 0.2) is 0 Å². The second kappa shape index (κ2) is 7.16. The van der Waals surface area contributed by atoms with Gasteiger partial charge < -0.3 is 29.9 Å². The zero-order chi connectivity index (χ0) is 5.98. The summed E-state index contributed by atoms with van der Waals surface area (Å²) in [7, 11) is 0. The molecule has 0 saturated heterocycles. The summed E-state index contributed by atoms with van der Waals surface area (Å²) in [5.41, 5.74) is 0. The molecule has 0 spiro atoms. The Bertz CT molecular complexity index is 57.7. The number of halogens is 1. The molecule has 56 valence electrons. The van der Waals surface area contributed by atoms with Crippen LogP contribution < -0.4 is 24.0 Å². The third-order valence-corrected chi connectivity index (χ3v) is 2.13. The summed E-state index contributed by atoms with van der Waals surface area (Å²) in [5.74, 6) is 2.71. The van der Waals surface area contributed by atoms with Crippen LogP contribution in [0.5, 0.6) is 0 Å². The van der Waals surface area contributed by atoms with Crippen molar-refractivity contribution in [2.75, 3.05) is 0 Å². The Balaban J connectivity index is 0. The van der Waals surface area contributed by atoms with Crippen LogP contribution in [-0.2, 0) is 0 Å². The van der Waals surface area contributed by atoms with Gasteiger partial charge in [0.2, 0.25) is 0 Å². The van der Waals surface area contributed by atoms with Crippen LogP contribution in [0, 0.1) is 11.8 Å². The van der Waals surface area contributed by atoms with Crippen LogP contribution in [0.3, 0.4) is 0 Å². The van der Waals surface area contributed by atoms with E-state index >= 15 is 0 Å². The molecule has 0 aromatic heterocycles. The normalized spacial score (nSPS) is 21.0. The monoisotopic (exact) mass is 262 g/mol. The van der Waals surface area contributed by atoms with Gasteiger partial charge in [0.05, 0.1) is 0 Å². The van der Waals surface area contributed by atoms with Gasteiger partial charge in [-0.2, -0.15) is 19.8 Å². The SMILES string of the molecule is C[C-]1CCC(C)CC1.[I-].[Mg+2]. The molecular formula is C8H15IMg. The maximum absolute atomic E-state index is 2.35. The topological polar surface area (TPSA) is 0 Å². The van der Waals surface area contributed by atoms with Crippen molar-refractivity contribution >= 4 is 23.1 Å². The molecule has 0 bridgehead atoms. The first-order valence-corrected chi connectivity index (χ1v) is 3.60. The molecule has 0 N–H and O–H groups in total. The molecular weight excluding hydrogens is 247 g/mol. The Morgan fingerprint density at radius 3 is 1.90 bits per heavy atom. The standard InChI is InChI=1S/C8H15.HI.Mg/c1-7-3-5-8(2)6-4-7;;/h7H,3-6H2,1-2H3;1H;/q-1;;+2/p-1. The summed E-state index contributed by atoms with van der Waals surface area (Å²) >= 11 is 0. The van der Waals surface area contributed by atoms with Gasteiger partial charge in [-0.25, -0.2) is 0 Å². The molecule has 10 heavy (non-hydrogen) atoms. The predicted molar refractivity (Wildman–Crippen MR) is 42.3 cm³/mol. The summed E-state index contributed by atoms with van der Waals surface area (Å²) in [6, 6.07) is 0. The molecule has 0 nitrogen and oxygen atoms in total. The molecule has 0 aromatic rings. The molecule has 1 aliphatic rings. The maximum atomic E-state index is 2.35. The van der Waals surface area contributed by atoms with E-state index in [4.69, 9.17) is 0 Å². The number of rotatable bonds is 0. The average Bonchev–Trinajstić information content (AvgIpc) is 1.77. The van der Waals surface area contributed by atoms with Crippen LogP contribution in [0.15, 0.2) is 0 Å². The smallest absolute Gasteiger partial charge is 1.00 e. The van der Waals surface area contributed by atoms with Gasteiger partial charge in [-0.3, -0.25) is 0 Å². The first kappa shape index (κ1) is 14.0. The first-order valence-electron chi connectivity index (χ1n) is 3.60. The first-order chi connectivity index (χ1) is 3.79. The van der Waals surface area contributed by atoms with Gasteiger partial charge >= 0.3 is 23.1 Å². The van der Waals surface area contributed by atoms with Crippen LogP contribution in [-0.4, -0.2) is 23.1 Å². The molecule has 0 aliphatic heterocycles. The Kier molecular flexibility index (Phi) is 10.1. The van der Waals surface area contributed by atoms with Crippen molar-refractivity contribution < 1.29 is 24.0 Å².